The monoisotopic (exact) mass is 480 g/mol. The molecule has 0 saturated carbocycles. The van der Waals surface area contributed by atoms with Crippen LogP contribution in [0.2, 0.25) is 0 Å². The van der Waals surface area contributed by atoms with Crippen LogP contribution in [0.4, 0.5) is 10.1 Å². The number of amides is 1. The van der Waals surface area contributed by atoms with Gasteiger partial charge in [-0.1, -0.05) is 62.4 Å². The van der Waals surface area contributed by atoms with Gasteiger partial charge in [0.2, 0.25) is 23.2 Å². The SMILES string of the molecule is CCCC(=O)N1c2ccc(C)cc2-c2nnc(SCCC(C)C)nc2O[C@H]1c1ccccc1F. The highest BCUT2D eigenvalue weighted by Crippen LogP contribution is 2.44. The van der Waals surface area contributed by atoms with Crippen molar-refractivity contribution < 1.29 is 13.9 Å². The average molecular weight is 481 g/mol. The Bertz CT molecular complexity index is 1190. The van der Waals surface area contributed by atoms with Crippen molar-refractivity contribution in [3.63, 3.8) is 0 Å². The second-order valence-corrected chi connectivity index (χ2v) is 9.87. The van der Waals surface area contributed by atoms with Gasteiger partial charge in [-0.25, -0.2) is 4.39 Å². The topological polar surface area (TPSA) is 68.2 Å². The zero-order chi connectivity index (χ0) is 24.2. The molecule has 8 heteroatoms. The number of hydrogen-bond acceptors (Lipinski definition) is 6. The number of fused-ring (bicyclic) bond motifs is 3. The van der Waals surface area contributed by atoms with Crippen molar-refractivity contribution in [2.75, 3.05) is 10.7 Å². The summed E-state index contributed by atoms with van der Waals surface area (Å²) < 4.78 is 21.3. The van der Waals surface area contributed by atoms with Gasteiger partial charge in [0, 0.05) is 23.3 Å². The lowest BCUT2D eigenvalue weighted by Gasteiger charge is -2.31. The second kappa shape index (κ2) is 10.5. The van der Waals surface area contributed by atoms with Crippen molar-refractivity contribution in [3.05, 3.63) is 59.4 Å². The number of benzene rings is 2. The Kier molecular flexibility index (Phi) is 7.46. The molecule has 2 aromatic carbocycles. The van der Waals surface area contributed by atoms with Gasteiger partial charge in [-0.15, -0.1) is 10.2 Å². The highest BCUT2D eigenvalue weighted by atomic mass is 32.2. The van der Waals surface area contributed by atoms with Crippen molar-refractivity contribution in [3.8, 4) is 17.1 Å². The zero-order valence-electron chi connectivity index (χ0n) is 19.9. The van der Waals surface area contributed by atoms with Gasteiger partial charge in [0.25, 0.3) is 0 Å². The van der Waals surface area contributed by atoms with E-state index in [-0.39, 0.29) is 17.4 Å². The number of aromatic nitrogens is 3. The minimum absolute atomic E-state index is 0.159. The summed E-state index contributed by atoms with van der Waals surface area (Å²) in [6.07, 6.45) is 0.953. The third-order valence-corrected chi connectivity index (χ3v) is 6.46. The Hall–Kier alpha value is -3.00. The number of nitrogens with zero attached hydrogens (tertiary/aromatic N) is 4. The molecule has 0 aliphatic carbocycles. The van der Waals surface area contributed by atoms with Crippen molar-refractivity contribution in [1.29, 1.82) is 0 Å². The molecule has 4 rings (SSSR count). The Balaban J connectivity index is 1.87. The van der Waals surface area contributed by atoms with Crippen LogP contribution in [0.5, 0.6) is 5.88 Å². The first-order valence-electron chi connectivity index (χ1n) is 11.6. The Morgan fingerprint density at radius 1 is 1.21 bits per heavy atom. The first-order chi connectivity index (χ1) is 16.4. The number of hydrogen-bond donors (Lipinski definition) is 0. The molecule has 178 valence electrons. The quantitative estimate of drug-likeness (QED) is 0.367. The molecule has 1 amide bonds. The largest absolute Gasteiger partial charge is 0.447 e. The molecule has 1 aromatic heterocycles. The zero-order valence-corrected chi connectivity index (χ0v) is 20.7. The van der Waals surface area contributed by atoms with Crippen molar-refractivity contribution in [2.45, 2.75) is 58.3 Å². The van der Waals surface area contributed by atoms with Gasteiger partial charge in [-0.3, -0.25) is 9.69 Å². The van der Waals surface area contributed by atoms with E-state index in [9.17, 15) is 9.18 Å². The number of anilines is 1. The Morgan fingerprint density at radius 2 is 2.00 bits per heavy atom. The molecular weight excluding hydrogens is 451 g/mol. The van der Waals surface area contributed by atoms with Crippen LogP contribution in [0.3, 0.4) is 0 Å². The van der Waals surface area contributed by atoms with E-state index in [4.69, 9.17) is 4.74 Å². The summed E-state index contributed by atoms with van der Waals surface area (Å²) in [6.45, 7) is 8.24. The van der Waals surface area contributed by atoms with E-state index in [1.54, 1.807) is 18.2 Å². The van der Waals surface area contributed by atoms with E-state index in [1.165, 1.54) is 22.7 Å². The van der Waals surface area contributed by atoms with E-state index in [0.717, 1.165) is 17.7 Å². The summed E-state index contributed by atoms with van der Waals surface area (Å²) in [4.78, 5) is 19.6. The first-order valence-corrected chi connectivity index (χ1v) is 12.6. The molecule has 0 bridgehead atoms. The van der Waals surface area contributed by atoms with E-state index < -0.39 is 12.0 Å². The number of halogens is 1. The molecule has 1 atom stereocenters. The molecule has 3 aromatic rings. The summed E-state index contributed by atoms with van der Waals surface area (Å²) in [5.74, 6) is 1.05. The summed E-state index contributed by atoms with van der Waals surface area (Å²) in [6, 6.07) is 12.1. The summed E-state index contributed by atoms with van der Waals surface area (Å²) >= 11 is 1.51. The summed E-state index contributed by atoms with van der Waals surface area (Å²) in [5.41, 5.74) is 3.00. The molecule has 1 aliphatic heterocycles. The van der Waals surface area contributed by atoms with Gasteiger partial charge < -0.3 is 4.74 Å². The maximum Gasteiger partial charge on any atom is 0.247 e. The van der Waals surface area contributed by atoms with Gasteiger partial charge in [0.15, 0.2) is 5.69 Å². The predicted octanol–water partition coefficient (Wildman–Crippen LogP) is 6.35. The van der Waals surface area contributed by atoms with E-state index in [2.05, 4.69) is 29.0 Å². The van der Waals surface area contributed by atoms with Crippen LogP contribution < -0.4 is 9.64 Å². The van der Waals surface area contributed by atoms with Crippen LogP contribution in [0, 0.1) is 18.7 Å². The Morgan fingerprint density at radius 3 is 2.74 bits per heavy atom. The molecular formula is C26H29FN4O2S. The average Bonchev–Trinajstić information content (AvgIpc) is 2.93. The van der Waals surface area contributed by atoms with Gasteiger partial charge in [-0.05, 0) is 43.9 Å². The third kappa shape index (κ3) is 5.06. The van der Waals surface area contributed by atoms with Gasteiger partial charge in [0.1, 0.15) is 5.82 Å². The normalized spacial score (nSPS) is 14.9. The third-order valence-electron chi connectivity index (χ3n) is 5.59. The maximum absolute atomic E-state index is 15.0. The fourth-order valence-corrected chi connectivity index (χ4v) is 4.83. The predicted molar refractivity (Wildman–Crippen MR) is 132 cm³/mol. The molecule has 0 N–H and O–H groups in total. The van der Waals surface area contributed by atoms with Crippen molar-refractivity contribution in [2.24, 2.45) is 5.92 Å². The van der Waals surface area contributed by atoms with Gasteiger partial charge in [0.05, 0.1) is 5.69 Å². The first kappa shape index (κ1) is 24.1. The van der Waals surface area contributed by atoms with Crippen LogP contribution in [-0.4, -0.2) is 26.8 Å². The molecule has 0 radical (unpaired) electrons. The van der Waals surface area contributed by atoms with Crippen LogP contribution in [0.15, 0.2) is 47.6 Å². The molecule has 2 heterocycles. The van der Waals surface area contributed by atoms with Crippen LogP contribution in [0.25, 0.3) is 11.3 Å². The number of ether oxygens (including phenoxy) is 1. The number of carbonyl (C=O) groups is 1. The minimum atomic E-state index is -1.02. The summed E-state index contributed by atoms with van der Waals surface area (Å²) in [5, 5.41) is 9.28. The molecule has 34 heavy (non-hydrogen) atoms. The van der Waals surface area contributed by atoms with Crippen molar-refractivity contribution in [1.82, 2.24) is 15.2 Å². The van der Waals surface area contributed by atoms with Crippen LogP contribution in [-0.2, 0) is 4.79 Å². The van der Waals surface area contributed by atoms with E-state index in [0.29, 0.717) is 40.9 Å². The lowest BCUT2D eigenvalue weighted by molar-refractivity contribution is -0.120. The lowest BCUT2D eigenvalue weighted by atomic mass is 10.0. The number of carbonyl (C=O) groups excluding carboxylic acids is 1. The highest BCUT2D eigenvalue weighted by molar-refractivity contribution is 7.99. The van der Waals surface area contributed by atoms with E-state index >= 15 is 0 Å². The number of aryl methyl sites for hydroxylation is 1. The molecule has 0 fully saturated rings. The fourth-order valence-electron chi connectivity index (χ4n) is 3.81. The van der Waals surface area contributed by atoms with Gasteiger partial charge >= 0.3 is 0 Å². The number of thioether (sulfide) groups is 1. The molecule has 0 saturated heterocycles. The van der Waals surface area contributed by atoms with E-state index in [1.807, 2.05) is 32.0 Å². The smallest absolute Gasteiger partial charge is 0.247 e. The standard InChI is InChI=1S/C26H29FN4O2S/c1-5-8-22(32)31-21-12-11-17(4)15-19(21)23-24(28-26(30-29-23)34-14-13-16(2)3)33-25(31)18-9-6-7-10-20(18)27/h6-7,9-12,15-16,25H,5,8,13-14H2,1-4H3/t25-/m0/s1. The fraction of sp³-hybridized carbons (Fsp3) is 0.385. The molecule has 0 spiro atoms. The number of rotatable bonds is 7. The molecule has 6 nitrogen and oxygen atoms in total. The Labute approximate surface area is 204 Å². The lowest BCUT2D eigenvalue weighted by Crippen LogP contribution is -2.38. The molecule has 0 unspecified atom stereocenters. The maximum atomic E-state index is 15.0. The van der Waals surface area contributed by atoms with Gasteiger partial charge in [-0.2, -0.15) is 4.98 Å². The van der Waals surface area contributed by atoms with Crippen LogP contribution in [0.1, 0.15) is 57.4 Å². The molecule has 1 aliphatic rings. The minimum Gasteiger partial charge on any atom is -0.447 e. The summed E-state index contributed by atoms with van der Waals surface area (Å²) in [7, 11) is 0. The highest BCUT2D eigenvalue weighted by Gasteiger charge is 2.36. The van der Waals surface area contributed by atoms with Crippen molar-refractivity contribution >= 4 is 23.4 Å². The second-order valence-electron chi connectivity index (χ2n) is 8.81. The van der Waals surface area contributed by atoms with Crippen LogP contribution >= 0.6 is 11.8 Å².